The van der Waals surface area contributed by atoms with E-state index in [2.05, 4.69) is 0 Å². The Labute approximate surface area is 161 Å². The normalized spacial score (nSPS) is 13.3. The summed E-state index contributed by atoms with van der Waals surface area (Å²) in [6, 6.07) is 9.96. The van der Waals surface area contributed by atoms with Gasteiger partial charge in [-0.15, -0.1) is 11.3 Å². The summed E-state index contributed by atoms with van der Waals surface area (Å²) < 4.78 is 17.3. The topological polar surface area (TPSA) is 40.0 Å². The van der Waals surface area contributed by atoms with Crippen molar-refractivity contribution in [3.8, 4) is 17.2 Å². The zero-order valence-corrected chi connectivity index (χ0v) is 16.3. The minimum atomic E-state index is 0.694. The Balaban J connectivity index is 1.89. The summed E-state index contributed by atoms with van der Waals surface area (Å²) >= 11 is 8.35. The third-order valence-electron chi connectivity index (χ3n) is 4.57. The molecule has 0 bridgehead atoms. The van der Waals surface area contributed by atoms with Crippen LogP contribution < -0.4 is 14.2 Å². The van der Waals surface area contributed by atoms with Gasteiger partial charge in [0.05, 0.1) is 36.9 Å². The Morgan fingerprint density at radius 2 is 1.77 bits per heavy atom. The number of aliphatic imine (C=N–C) groups is 1. The quantitative estimate of drug-likeness (QED) is 0.634. The van der Waals surface area contributed by atoms with E-state index in [4.69, 9.17) is 30.8 Å². The van der Waals surface area contributed by atoms with E-state index in [0.717, 1.165) is 55.7 Å². The lowest BCUT2D eigenvalue weighted by molar-refractivity contribution is 0.354. The lowest BCUT2D eigenvalue weighted by Gasteiger charge is -2.19. The Morgan fingerprint density at radius 3 is 2.50 bits per heavy atom. The highest BCUT2D eigenvalue weighted by Crippen LogP contribution is 2.41. The second-order valence-electron chi connectivity index (χ2n) is 5.95. The molecule has 0 N–H and O–H groups in total. The molecular weight excluding hydrogens is 370 g/mol. The summed E-state index contributed by atoms with van der Waals surface area (Å²) in [5, 5.41) is 1.75. The van der Waals surface area contributed by atoms with Crippen LogP contribution in [-0.2, 0) is 6.42 Å². The van der Waals surface area contributed by atoms with Gasteiger partial charge in [-0.05, 0) is 42.3 Å². The molecule has 2 aromatic carbocycles. The lowest BCUT2D eigenvalue weighted by Crippen LogP contribution is -2.14. The van der Waals surface area contributed by atoms with Crippen molar-refractivity contribution in [2.45, 2.75) is 6.42 Å². The molecule has 3 aromatic rings. The third kappa shape index (κ3) is 2.72. The van der Waals surface area contributed by atoms with Crippen LogP contribution in [0.25, 0.3) is 10.1 Å². The van der Waals surface area contributed by atoms with E-state index in [-0.39, 0.29) is 0 Å². The van der Waals surface area contributed by atoms with Gasteiger partial charge >= 0.3 is 0 Å². The van der Waals surface area contributed by atoms with E-state index in [1.165, 1.54) is 5.56 Å². The fourth-order valence-corrected chi connectivity index (χ4v) is 4.81. The van der Waals surface area contributed by atoms with Crippen LogP contribution >= 0.6 is 22.9 Å². The highest BCUT2D eigenvalue weighted by atomic mass is 35.5. The van der Waals surface area contributed by atoms with Gasteiger partial charge in [0.25, 0.3) is 0 Å². The molecule has 6 heteroatoms. The molecule has 0 aliphatic carbocycles. The van der Waals surface area contributed by atoms with Gasteiger partial charge in [0.1, 0.15) is 5.75 Å². The molecule has 1 aromatic heterocycles. The first kappa shape index (κ1) is 17.2. The lowest BCUT2D eigenvalue weighted by atomic mass is 9.95. The SMILES string of the molecule is COc1ccc2c(Cl)c(C3=NCCc4cc(OC)c(OC)cc43)sc2c1. The van der Waals surface area contributed by atoms with Crippen molar-refractivity contribution in [1.82, 2.24) is 0 Å². The van der Waals surface area contributed by atoms with Crippen LogP contribution in [0.15, 0.2) is 35.3 Å². The Hall–Kier alpha value is -2.24. The molecule has 1 aliphatic heterocycles. The van der Waals surface area contributed by atoms with Crippen molar-refractivity contribution in [3.63, 3.8) is 0 Å². The average molecular weight is 388 g/mol. The standard InChI is InChI=1S/C20H18ClNO3S/c1-23-12-4-5-13-17(9-12)26-20(18(13)21)19-14-10-16(25-3)15(24-2)8-11(14)6-7-22-19/h4-5,8-10H,6-7H2,1-3H3. The van der Waals surface area contributed by atoms with Gasteiger partial charge in [-0.25, -0.2) is 0 Å². The molecule has 0 spiro atoms. The molecule has 0 unspecified atom stereocenters. The summed E-state index contributed by atoms with van der Waals surface area (Å²) in [7, 11) is 4.96. The molecule has 0 fully saturated rings. The van der Waals surface area contributed by atoms with E-state index in [1.54, 1.807) is 32.7 Å². The van der Waals surface area contributed by atoms with Gasteiger partial charge in [-0.1, -0.05) is 11.6 Å². The summed E-state index contributed by atoms with van der Waals surface area (Å²) in [5.41, 5.74) is 3.16. The van der Waals surface area contributed by atoms with Crippen molar-refractivity contribution >= 4 is 38.7 Å². The van der Waals surface area contributed by atoms with Crippen molar-refractivity contribution < 1.29 is 14.2 Å². The Bertz CT molecular complexity index is 1030. The second kappa shape index (κ2) is 6.82. The summed E-state index contributed by atoms with van der Waals surface area (Å²) in [5.74, 6) is 2.25. The first-order valence-electron chi connectivity index (χ1n) is 8.22. The maximum Gasteiger partial charge on any atom is 0.161 e. The van der Waals surface area contributed by atoms with Gasteiger partial charge in [-0.2, -0.15) is 0 Å². The highest BCUT2D eigenvalue weighted by molar-refractivity contribution is 7.22. The van der Waals surface area contributed by atoms with E-state index >= 15 is 0 Å². The largest absolute Gasteiger partial charge is 0.497 e. The first-order valence-corrected chi connectivity index (χ1v) is 9.41. The van der Waals surface area contributed by atoms with Gasteiger partial charge in [-0.3, -0.25) is 4.99 Å². The zero-order chi connectivity index (χ0) is 18.3. The smallest absolute Gasteiger partial charge is 0.161 e. The summed E-state index contributed by atoms with van der Waals surface area (Å²) in [6.45, 7) is 0.728. The molecule has 0 saturated carbocycles. The number of hydrogen-bond acceptors (Lipinski definition) is 5. The van der Waals surface area contributed by atoms with Crippen molar-refractivity contribution in [2.24, 2.45) is 4.99 Å². The molecule has 1 aliphatic rings. The molecule has 4 rings (SSSR count). The second-order valence-corrected chi connectivity index (χ2v) is 7.38. The van der Waals surface area contributed by atoms with Crippen molar-refractivity contribution in [2.75, 3.05) is 27.9 Å². The number of rotatable bonds is 4. The van der Waals surface area contributed by atoms with E-state index in [0.29, 0.717) is 5.75 Å². The fraction of sp³-hybridized carbons (Fsp3) is 0.250. The molecule has 0 radical (unpaired) electrons. The monoisotopic (exact) mass is 387 g/mol. The number of methoxy groups -OCH3 is 3. The van der Waals surface area contributed by atoms with Gasteiger partial charge in [0, 0.05) is 22.2 Å². The molecule has 134 valence electrons. The maximum absolute atomic E-state index is 6.72. The number of thiophene rings is 1. The Kier molecular flexibility index (Phi) is 4.51. The van der Waals surface area contributed by atoms with Crippen LogP contribution in [-0.4, -0.2) is 33.6 Å². The van der Waals surface area contributed by atoms with E-state index in [9.17, 15) is 0 Å². The van der Waals surface area contributed by atoms with Gasteiger partial charge in [0.2, 0.25) is 0 Å². The minimum Gasteiger partial charge on any atom is -0.497 e. The van der Waals surface area contributed by atoms with Crippen molar-refractivity contribution in [3.05, 3.63) is 51.4 Å². The first-order chi connectivity index (χ1) is 12.7. The van der Waals surface area contributed by atoms with Gasteiger partial charge < -0.3 is 14.2 Å². The van der Waals surface area contributed by atoms with Crippen LogP contribution in [0.1, 0.15) is 16.0 Å². The molecular formula is C20H18ClNO3S. The maximum atomic E-state index is 6.72. The van der Waals surface area contributed by atoms with Crippen molar-refractivity contribution in [1.29, 1.82) is 0 Å². The number of benzene rings is 2. The fourth-order valence-electron chi connectivity index (χ4n) is 3.24. The van der Waals surface area contributed by atoms with Gasteiger partial charge in [0.15, 0.2) is 11.5 Å². The van der Waals surface area contributed by atoms with E-state index < -0.39 is 0 Å². The molecule has 0 saturated heterocycles. The molecule has 2 heterocycles. The number of halogens is 1. The molecule has 0 amide bonds. The van der Waals surface area contributed by atoms with Crippen LogP contribution in [0.4, 0.5) is 0 Å². The zero-order valence-electron chi connectivity index (χ0n) is 14.8. The minimum absolute atomic E-state index is 0.694. The number of fused-ring (bicyclic) bond motifs is 2. The molecule has 4 nitrogen and oxygen atoms in total. The summed E-state index contributed by atoms with van der Waals surface area (Å²) in [6.07, 6.45) is 0.871. The average Bonchev–Trinajstić information content (AvgIpc) is 3.01. The molecule has 0 atom stereocenters. The Morgan fingerprint density at radius 1 is 1.00 bits per heavy atom. The van der Waals surface area contributed by atoms with E-state index in [1.807, 2.05) is 30.3 Å². The van der Waals surface area contributed by atoms with Crippen LogP contribution in [0, 0.1) is 0 Å². The number of hydrogen-bond donors (Lipinski definition) is 0. The predicted octanol–water partition coefficient (Wildman–Crippen LogP) is 4.97. The van der Waals surface area contributed by atoms with Crippen LogP contribution in [0.2, 0.25) is 5.02 Å². The number of nitrogens with zero attached hydrogens (tertiary/aromatic N) is 1. The van der Waals surface area contributed by atoms with Crippen LogP contribution in [0.5, 0.6) is 17.2 Å². The highest BCUT2D eigenvalue weighted by Gasteiger charge is 2.24. The van der Waals surface area contributed by atoms with Crippen LogP contribution in [0.3, 0.4) is 0 Å². The predicted molar refractivity (Wildman–Crippen MR) is 107 cm³/mol. The summed E-state index contributed by atoms with van der Waals surface area (Å²) in [4.78, 5) is 5.76. The number of ether oxygens (including phenoxy) is 3. The third-order valence-corrected chi connectivity index (χ3v) is 6.23. The molecule has 26 heavy (non-hydrogen) atoms.